The number of nitrogens with one attached hydrogen (secondary N) is 1. The molecule has 3 atom stereocenters. The molecule has 0 radical (unpaired) electrons. The van der Waals surface area contributed by atoms with E-state index in [1.165, 1.54) is 0 Å². The van der Waals surface area contributed by atoms with Crippen molar-refractivity contribution >= 4 is 11.9 Å². The normalized spacial score (nSPS) is 27.3. The van der Waals surface area contributed by atoms with Gasteiger partial charge < -0.3 is 9.64 Å². The van der Waals surface area contributed by atoms with E-state index in [9.17, 15) is 9.59 Å². The number of hydrogen-bond acceptors (Lipinski definition) is 4. The molecule has 1 N–H and O–H groups in total. The molecule has 2 aliphatic rings. The summed E-state index contributed by atoms with van der Waals surface area (Å²) in [6, 6.07) is 9.72. The molecule has 0 saturated carbocycles. The third kappa shape index (κ3) is 4.89. The zero-order valence-electron chi connectivity index (χ0n) is 17.9. The fourth-order valence-electron chi connectivity index (χ4n) is 4.61. The monoisotopic (exact) mass is 398 g/mol. The highest BCUT2D eigenvalue weighted by molar-refractivity contribution is 5.92. The van der Waals surface area contributed by atoms with Crippen LogP contribution in [0.1, 0.15) is 64.9 Å². The molecule has 0 spiro atoms. The van der Waals surface area contributed by atoms with Crippen molar-refractivity contribution < 1.29 is 14.3 Å². The van der Waals surface area contributed by atoms with Crippen molar-refractivity contribution in [2.75, 3.05) is 0 Å². The second-order valence-electron chi connectivity index (χ2n) is 9.30. The van der Waals surface area contributed by atoms with Crippen LogP contribution in [-0.4, -0.2) is 40.0 Å². The third-order valence-electron chi connectivity index (χ3n) is 5.93. The zero-order chi connectivity index (χ0) is 21.1. The van der Waals surface area contributed by atoms with E-state index >= 15 is 0 Å². The highest BCUT2D eigenvalue weighted by Crippen LogP contribution is 2.37. The maximum Gasteiger partial charge on any atom is 0.329 e. The molecule has 0 aromatic heterocycles. The second-order valence-corrected chi connectivity index (χ2v) is 9.30. The Hall–Kier alpha value is -2.14. The van der Waals surface area contributed by atoms with Crippen LogP contribution >= 0.6 is 0 Å². The number of ether oxygens (including phenoxy) is 1. The molecule has 0 unspecified atom stereocenters. The lowest BCUT2D eigenvalue weighted by atomic mass is 9.87. The molecule has 2 heterocycles. The van der Waals surface area contributed by atoms with E-state index < -0.39 is 17.2 Å². The van der Waals surface area contributed by atoms with E-state index in [0.29, 0.717) is 19.4 Å². The van der Waals surface area contributed by atoms with E-state index in [-0.39, 0.29) is 17.9 Å². The van der Waals surface area contributed by atoms with Crippen LogP contribution in [0.15, 0.2) is 43.0 Å². The van der Waals surface area contributed by atoms with Crippen molar-refractivity contribution in [1.29, 1.82) is 0 Å². The zero-order valence-corrected chi connectivity index (χ0v) is 17.9. The highest BCUT2D eigenvalue weighted by atomic mass is 16.6. The Morgan fingerprint density at radius 1 is 1.28 bits per heavy atom. The quantitative estimate of drug-likeness (QED) is 0.582. The molecule has 1 aromatic rings. The molecule has 2 aliphatic heterocycles. The molecule has 2 saturated heterocycles. The van der Waals surface area contributed by atoms with Crippen LogP contribution in [0, 0.1) is 0 Å². The summed E-state index contributed by atoms with van der Waals surface area (Å²) in [5, 5.41) is 3.55. The van der Waals surface area contributed by atoms with Crippen molar-refractivity contribution in [2.45, 2.75) is 89.1 Å². The van der Waals surface area contributed by atoms with Gasteiger partial charge in [0.25, 0.3) is 0 Å². The Labute approximate surface area is 174 Å². The van der Waals surface area contributed by atoms with Crippen molar-refractivity contribution in [3.8, 4) is 0 Å². The lowest BCUT2D eigenvalue weighted by Crippen LogP contribution is -2.60. The average molecular weight is 399 g/mol. The molecular formula is C24H34N2O3. The molecule has 5 nitrogen and oxygen atoms in total. The van der Waals surface area contributed by atoms with Crippen LogP contribution in [0.25, 0.3) is 0 Å². The summed E-state index contributed by atoms with van der Waals surface area (Å²) in [4.78, 5) is 28.5. The van der Waals surface area contributed by atoms with Crippen LogP contribution in [0.4, 0.5) is 0 Å². The molecule has 2 fully saturated rings. The Kier molecular flexibility index (Phi) is 6.47. The largest absolute Gasteiger partial charge is 0.458 e. The van der Waals surface area contributed by atoms with Gasteiger partial charge >= 0.3 is 5.97 Å². The van der Waals surface area contributed by atoms with Gasteiger partial charge in [-0.1, -0.05) is 36.4 Å². The summed E-state index contributed by atoms with van der Waals surface area (Å²) < 4.78 is 5.64. The summed E-state index contributed by atoms with van der Waals surface area (Å²) in [6.07, 6.45) is 6.52. The fraction of sp³-hybridized carbons (Fsp3) is 0.583. The first-order valence-electron chi connectivity index (χ1n) is 10.7. The van der Waals surface area contributed by atoms with Crippen molar-refractivity contribution in [2.24, 2.45) is 0 Å². The van der Waals surface area contributed by atoms with E-state index in [1.54, 1.807) is 0 Å². The van der Waals surface area contributed by atoms with E-state index in [1.807, 2.05) is 49.9 Å². The minimum atomic E-state index is -0.725. The number of hydrogen-bond donors (Lipinski definition) is 1. The first-order valence-corrected chi connectivity index (χ1v) is 10.7. The number of benzene rings is 1. The van der Waals surface area contributed by atoms with Gasteiger partial charge in [0.15, 0.2) is 0 Å². The van der Waals surface area contributed by atoms with Crippen molar-refractivity contribution in [3.63, 3.8) is 0 Å². The maximum absolute atomic E-state index is 13.8. The average Bonchev–Trinajstić information content (AvgIpc) is 3.03. The number of rotatable bonds is 6. The summed E-state index contributed by atoms with van der Waals surface area (Å²) in [6.45, 7) is 10.1. The molecule has 3 rings (SSSR count). The first-order chi connectivity index (χ1) is 13.8. The summed E-state index contributed by atoms with van der Waals surface area (Å²) in [7, 11) is 0. The molecule has 0 aliphatic carbocycles. The van der Waals surface area contributed by atoms with Gasteiger partial charge in [-0.05, 0) is 64.9 Å². The first kappa shape index (κ1) is 21.6. The third-order valence-corrected chi connectivity index (χ3v) is 5.93. The topological polar surface area (TPSA) is 58.6 Å². The van der Waals surface area contributed by atoms with Crippen LogP contribution < -0.4 is 5.32 Å². The molecule has 1 aromatic carbocycles. The van der Waals surface area contributed by atoms with Crippen molar-refractivity contribution in [1.82, 2.24) is 10.2 Å². The maximum atomic E-state index is 13.8. The van der Waals surface area contributed by atoms with Crippen molar-refractivity contribution in [3.05, 3.63) is 48.6 Å². The second kappa shape index (κ2) is 8.70. The standard InChI is InChI=1S/C24H34N2O3/c1-5-15-24(25-17-18-10-7-6-8-11-18)16-9-12-19-13-14-20(26(19)22(24)28)21(27)29-23(2,3)4/h5-8,10-11,19-20,25H,1,9,12-17H2,2-4H3/t19-,20+,24+/m1/s1. The molecular weight excluding hydrogens is 364 g/mol. The van der Waals surface area contributed by atoms with E-state index in [4.69, 9.17) is 4.74 Å². The smallest absolute Gasteiger partial charge is 0.329 e. The van der Waals surface area contributed by atoms with Gasteiger partial charge in [0.05, 0.1) is 0 Å². The Bertz CT molecular complexity index is 740. The van der Waals surface area contributed by atoms with Gasteiger partial charge in [-0.2, -0.15) is 0 Å². The molecule has 1 amide bonds. The van der Waals surface area contributed by atoms with Crippen LogP contribution in [0.5, 0.6) is 0 Å². The van der Waals surface area contributed by atoms with Gasteiger partial charge in [-0.25, -0.2) is 4.79 Å². The predicted octanol–water partition coefficient (Wildman–Crippen LogP) is 3.98. The molecule has 5 heteroatoms. The number of esters is 1. The number of nitrogens with zero attached hydrogens (tertiary/aromatic N) is 1. The Balaban J connectivity index is 1.85. The van der Waals surface area contributed by atoms with Gasteiger partial charge in [0, 0.05) is 12.6 Å². The number of amides is 1. The Morgan fingerprint density at radius 2 is 2.00 bits per heavy atom. The molecule has 29 heavy (non-hydrogen) atoms. The summed E-state index contributed by atoms with van der Waals surface area (Å²) >= 11 is 0. The molecule has 0 bridgehead atoms. The van der Waals surface area contributed by atoms with Crippen LogP contribution in [-0.2, 0) is 20.9 Å². The van der Waals surface area contributed by atoms with Crippen LogP contribution in [0.3, 0.4) is 0 Å². The van der Waals surface area contributed by atoms with Gasteiger partial charge in [0.1, 0.15) is 17.2 Å². The Morgan fingerprint density at radius 3 is 2.66 bits per heavy atom. The minimum Gasteiger partial charge on any atom is -0.458 e. The number of carbonyl (C=O) groups excluding carboxylic acids is 2. The fourth-order valence-corrected chi connectivity index (χ4v) is 4.61. The molecule has 158 valence electrons. The summed E-state index contributed by atoms with van der Waals surface area (Å²) in [5.41, 5.74) is -0.153. The summed E-state index contributed by atoms with van der Waals surface area (Å²) in [5.74, 6) is -0.269. The van der Waals surface area contributed by atoms with Gasteiger partial charge in [-0.3, -0.25) is 10.1 Å². The predicted molar refractivity (Wildman–Crippen MR) is 114 cm³/mol. The highest BCUT2D eigenvalue weighted by Gasteiger charge is 2.51. The number of fused-ring (bicyclic) bond motifs is 1. The van der Waals surface area contributed by atoms with E-state index in [0.717, 1.165) is 31.2 Å². The SMILES string of the molecule is C=CC[C@]1(NCc2ccccc2)CCC[C@@H]2CC[C@@H](C(=O)OC(C)(C)C)N2C1=O. The number of carbonyl (C=O) groups is 2. The lowest BCUT2D eigenvalue weighted by molar-refractivity contribution is -0.165. The van der Waals surface area contributed by atoms with E-state index in [2.05, 4.69) is 24.0 Å². The minimum absolute atomic E-state index is 0.0178. The lowest BCUT2D eigenvalue weighted by Gasteiger charge is -2.38. The van der Waals surface area contributed by atoms with Gasteiger partial charge in [0.2, 0.25) is 5.91 Å². The van der Waals surface area contributed by atoms with Gasteiger partial charge in [-0.15, -0.1) is 6.58 Å². The van der Waals surface area contributed by atoms with Crippen LogP contribution in [0.2, 0.25) is 0 Å².